The summed E-state index contributed by atoms with van der Waals surface area (Å²) in [5.74, 6) is 1.22. The molecule has 3 atom stereocenters. The number of hydrogen-bond acceptors (Lipinski definition) is 1. The lowest BCUT2D eigenvalue weighted by molar-refractivity contribution is 0.342. The molecule has 0 unspecified atom stereocenters. The van der Waals surface area contributed by atoms with Crippen molar-refractivity contribution in [1.82, 2.24) is 0 Å². The molecule has 1 aliphatic rings. The molecule has 0 heterocycles. The monoisotopic (exact) mass is 149 g/mol. The van der Waals surface area contributed by atoms with Gasteiger partial charge in [0, 0.05) is 0 Å². The Hall–Kier alpha value is -0.770. The van der Waals surface area contributed by atoms with Gasteiger partial charge in [0.15, 0.2) is 0 Å². The van der Waals surface area contributed by atoms with Crippen LogP contribution in [-0.4, -0.2) is 0 Å². The third-order valence-corrected chi connectivity index (χ3v) is 2.52. The molecule has 1 nitrogen and oxygen atoms in total. The summed E-state index contributed by atoms with van der Waals surface area (Å²) in [5.41, 5.74) is 1.44. The Morgan fingerprint density at radius 1 is 1.55 bits per heavy atom. The molecule has 11 heavy (non-hydrogen) atoms. The molecule has 0 spiro atoms. The van der Waals surface area contributed by atoms with Gasteiger partial charge in [-0.3, -0.25) is 0 Å². The van der Waals surface area contributed by atoms with Crippen LogP contribution in [0.5, 0.6) is 0 Å². The molecule has 0 aromatic carbocycles. The van der Waals surface area contributed by atoms with Gasteiger partial charge in [-0.05, 0) is 25.2 Å². The van der Waals surface area contributed by atoms with E-state index in [1.165, 1.54) is 5.57 Å². The van der Waals surface area contributed by atoms with E-state index < -0.39 is 0 Å². The largest absolute Gasteiger partial charge is 0.198 e. The minimum Gasteiger partial charge on any atom is -0.198 e. The van der Waals surface area contributed by atoms with Gasteiger partial charge in [0.2, 0.25) is 0 Å². The number of hydrogen-bond donors (Lipinski definition) is 0. The second-order valence-corrected chi connectivity index (χ2v) is 3.71. The normalized spacial score (nSPS) is 37.6. The van der Waals surface area contributed by atoms with Crippen LogP contribution in [0.4, 0.5) is 0 Å². The summed E-state index contributed by atoms with van der Waals surface area (Å²) in [6.07, 6.45) is 3.33. The lowest BCUT2D eigenvalue weighted by atomic mass is 9.76. The first-order valence-corrected chi connectivity index (χ1v) is 4.22. The van der Waals surface area contributed by atoms with Crippen LogP contribution in [-0.2, 0) is 0 Å². The minimum absolute atomic E-state index is 0.235. The number of allylic oxidation sites excluding steroid dienone is 2. The van der Waals surface area contributed by atoms with Gasteiger partial charge in [-0.2, -0.15) is 5.26 Å². The molecule has 1 rings (SSSR count). The van der Waals surface area contributed by atoms with Crippen molar-refractivity contribution in [2.45, 2.75) is 27.2 Å². The molecule has 0 fully saturated rings. The highest BCUT2D eigenvalue weighted by Gasteiger charge is 2.25. The van der Waals surface area contributed by atoms with Gasteiger partial charge in [-0.1, -0.05) is 25.5 Å². The summed E-state index contributed by atoms with van der Waals surface area (Å²) in [6, 6.07) is 2.38. The molecule has 0 aromatic rings. The predicted molar refractivity (Wildman–Crippen MR) is 45.8 cm³/mol. The van der Waals surface area contributed by atoms with Crippen molar-refractivity contribution in [3.8, 4) is 6.07 Å². The molecular formula is C10H15N. The first-order valence-electron chi connectivity index (χ1n) is 4.22. The number of rotatable bonds is 0. The van der Waals surface area contributed by atoms with Crippen LogP contribution in [0.25, 0.3) is 0 Å². The average molecular weight is 149 g/mol. The second-order valence-electron chi connectivity index (χ2n) is 3.71. The van der Waals surface area contributed by atoms with Crippen LogP contribution in [0.1, 0.15) is 27.2 Å². The number of nitrogens with zero attached hydrogens (tertiary/aromatic N) is 1. The maximum absolute atomic E-state index is 8.84. The van der Waals surface area contributed by atoms with Gasteiger partial charge in [-0.15, -0.1) is 0 Å². The van der Waals surface area contributed by atoms with Crippen molar-refractivity contribution in [2.75, 3.05) is 0 Å². The summed E-state index contributed by atoms with van der Waals surface area (Å²) in [6.45, 7) is 6.45. The van der Waals surface area contributed by atoms with Crippen molar-refractivity contribution in [3.05, 3.63) is 11.6 Å². The third-order valence-electron chi connectivity index (χ3n) is 2.52. The van der Waals surface area contributed by atoms with E-state index in [2.05, 4.69) is 32.9 Å². The average Bonchev–Trinajstić information content (AvgIpc) is 1.85. The maximum atomic E-state index is 8.84. The van der Waals surface area contributed by atoms with Crippen LogP contribution < -0.4 is 0 Å². The van der Waals surface area contributed by atoms with Crippen LogP contribution in [0.2, 0.25) is 0 Å². The van der Waals surface area contributed by atoms with Gasteiger partial charge in [0.25, 0.3) is 0 Å². The van der Waals surface area contributed by atoms with E-state index in [1.54, 1.807) is 0 Å². The summed E-state index contributed by atoms with van der Waals surface area (Å²) < 4.78 is 0. The lowest BCUT2D eigenvalue weighted by Crippen LogP contribution is -2.21. The Bertz CT molecular complexity index is 209. The van der Waals surface area contributed by atoms with Crippen LogP contribution >= 0.6 is 0 Å². The first kappa shape index (κ1) is 8.33. The molecule has 0 aromatic heterocycles. The summed E-state index contributed by atoms with van der Waals surface area (Å²) >= 11 is 0. The summed E-state index contributed by atoms with van der Waals surface area (Å²) in [7, 11) is 0. The first-order chi connectivity index (χ1) is 5.15. The molecule has 60 valence electrons. The van der Waals surface area contributed by atoms with Crippen molar-refractivity contribution < 1.29 is 0 Å². The molecule has 0 aliphatic heterocycles. The SMILES string of the molecule is CC1=C[C@@H](C)[C@H](C#N)[C@@H](C)C1. The highest BCUT2D eigenvalue weighted by atomic mass is 14.3. The van der Waals surface area contributed by atoms with Gasteiger partial charge < -0.3 is 0 Å². The van der Waals surface area contributed by atoms with Gasteiger partial charge >= 0.3 is 0 Å². The van der Waals surface area contributed by atoms with E-state index in [9.17, 15) is 0 Å². The highest BCUT2D eigenvalue weighted by molar-refractivity contribution is 5.12. The fourth-order valence-electron chi connectivity index (χ4n) is 2.02. The minimum atomic E-state index is 0.235. The van der Waals surface area contributed by atoms with Crippen molar-refractivity contribution in [3.63, 3.8) is 0 Å². The van der Waals surface area contributed by atoms with Gasteiger partial charge in [-0.25, -0.2) is 0 Å². The molecule has 0 saturated heterocycles. The van der Waals surface area contributed by atoms with E-state index in [4.69, 9.17) is 5.26 Å². The van der Waals surface area contributed by atoms with Gasteiger partial charge in [0.05, 0.1) is 12.0 Å². The zero-order valence-corrected chi connectivity index (χ0v) is 7.46. The zero-order valence-electron chi connectivity index (χ0n) is 7.46. The van der Waals surface area contributed by atoms with Crippen LogP contribution in [0, 0.1) is 29.1 Å². The fourth-order valence-corrected chi connectivity index (χ4v) is 2.02. The highest BCUT2D eigenvalue weighted by Crippen LogP contribution is 2.32. The Balaban J connectivity index is 2.79. The maximum Gasteiger partial charge on any atom is 0.0664 e. The predicted octanol–water partition coefficient (Wildman–Crippen LogP) is 2.75. The van der Waals surface area contributed by atoms with Crippen LogP contribution in [0.3, 0.4) is 0 Å². The Morgan fingerprint density at radius 3 is 2.64 bits per heavy atom. The van der Waals surface area contributed by atoms with Crippen molar-refractivity contribution in [2.24, 2.45) is 17.8 Å². The standard InChI is InChI=1S/C10H15N/c1-7-4-8(2)10(6-11)9(3)5-7/h4,8-10H,5H2,1-3H3/t8-,9+,10+/m1/s1. The summed E-state index contributed by atoms with van der Waals surface area (Å²) in [5, 5.41) is 8.84. The Kier molecular flexibility index (Phi) is 2.34. The zero-order chi connectivity index (χ0) is 8.43. The molecule has 0 bridgehead atoms. The molecule has 1 heteroatoms. The van der Waals surface area contributed by atoms with E-state index in [1.807, 2.05) is 0 Å². The van der Waals surface area contributed by atoms with E-state index in [0.717, 1.165) is 6.42 Å². The van der Waals surface area contributed by atoms with E-state index >= 15 is 0 Å². The van der Waals surface area contributed by atoms with Gasteiger partial charge in [0.1, 0.15) is 0 Å². The molecule has 0 amide bonds. The molecule has 1 aliphatic carbocycles. The second kappa shape index (κ2) is 3.09. The quantitative estimate of drug-likeness (QED) is 0.486. The molecule has 0 saturated carbocycles. The smallest absolute Gasteiger partial charge is 0.0664 e. The Labute approximate surface area is 68.7 Å². The molecule has 0 radical (unpaired) electrons. The third kappa shape index (κ3) is 1.63. The van der Waals surface area contributed by atoms with E-state index in [0.29, 0.717) is 11.8 Å². The number of nitriles is 1. The van der Waals surface area contributed by atoms with Crippen LogP contribution in [0.15, 0.2) is 11.6 Å². The Morgan fingerprint density at radius 2 is 2.18 bits per heavy atom. The van der Waals surface area contributed by atoms with Crippen molar-refractivity contribution in [1.29, 1.82) is 5.26 Å². The van der Waals surface area contributed by atoms with E-state index in [-0.39, 0.29) is 5.92 Å². The fraction of sp³-hybridized carbons (Fsp3) is 0.700. The molecular weight excluding hydrogens is 134 g/mol. The summed E-state index contributed by atoms with van der Waals surface area (Å²) in [4.78, 5) is 0. The van der Waals surface area contributed by atoms with Crippen molar-refractivity contribution >= 4 is 0 Å². The molecule has 0 N–H and O–H groups in total. The lowest BCUT2D eigenvalue weighted by Gasteiger charge is -2.27. The topological polar surface area (TPSA) is 23.8 Å².